The molecule has 0 N–H and O–H groups in total. The van der Waals surface area contributed by atoms with E-state index in [9.17, 15) is 8.78 Å². The molecule has 0 aromatic carbocycles. The van der Waals surface area contributed by atoms with E-state index in [0.29, 0.717) is 11.6 Å². The van der Waals surface area contributed by atoms with Gasteiger partial charge in [0.05, 0.1) is 0 Å². The van der Waals surface area contributed by atoms with Gasteiger partial charge in [0.15, 0.2) is 0 Å². The first-order chi connectivity index (χ1) is 4.79. The van der Waals surface area contributed by atoms with Crippen LogP contribution in [-0.2, 0) is 0 Å². The fourth-order valence-corrected chi connectivity index (χ4v) is 0.534. The van der Waals surface area contributed by atoms with Gasteiger partial charge < -0.3 is 0 Å². The summed E-state index contributed by atoms with van der Waals surface area (Å²) in [7, 11) is 0. The van der Waals surface area contributed by atoms with E-state index in [1.54, 1.807) is 0 Å². The summed E-state index contributed by atoms with van der Waals surface area (Å²) in [5.41, 5.74) is 0.294. The van der Waals surface area contributed by atoms with Crippen LogP contribution in [0.5, 0.6) is 0 Å². The minimum absolute atomic E-state index is 0.294. The van der Waals surface area contributed by atoms with E-state index in [-0.39, 0.29) is 0 Å². The zero-order valence-corrected chi connectivity index (χ0v) is 5.01. The maximum absolute atomic E-state index is 11.5. The van der Waals surface area contributed by atoms with Crippen molar-refractivity contribution in [3.05, 3.63) is 36.2 Å². The molecule has 3 heteroatoms. The number of halogens is 2. The van der Waals surface area contributed by atoms with Crippen LogP contribution >= 0.6 is 0 Å². The van der Waals surface area contributed by atoms with Gasteiger partial charge in [0.25, 0.3) is 6.08 Å². The normalized spacial score (nSPS) is 9.00. The van der Waals surface area contributed by atoms with Crippen molar-refractivity contribution in [3.8, 4) is 0 Å². The molecule has 0 aliphatic rings. The number of pyridine rings is 1. The molecule has 0 fully saturated rings. The minimum atomic E-state index is -1.73. The van der Waals surface area contributed by atoms with Crippen LogP contribution in [0.4, 0.5) is 8.78 Å². The average Bonchev–Trinajstić information content (AvgIpc) is 1.88. The van der Waals surface area contributed by atoms with Gasteiger partial charge in [-0.2, -0.15) is 8.78 Å². The maximum Gasteiger partial charge on any atom is 0.270 e. The predicted octanol–water partition coefficient (Wildman–Crippen LogP) is 2.12. The van der Waals surface area contributed by atoms with Crippen molar-refractivity contribution in [1.82, 2.24) is 4.98 Å². The first-order valence-electron chi connectivity index (χ1n) is 2.63. The van der Waals surface area contributed by atoms with Crippen molar-refractivity contribution in [2.75, 3.05) is 0 Å². The number of aromatic nitrogens is 1. The first kappa shape index (κ1) is 6.86. The Hall–Kier alpha value is -1.25. The molecule has 51 valence electrons. The lowest BCUT2D eigenvalue weighted by atomic mass is 10.3. The van der Waals surface area contributed by atoms with Crippen LogP contribution < -0.4 is 0 Å². The number of nitrogens with zero attached hydrogens (tertiary/aromatic N) is 1. The van der Waals surface area contributed by atoms with Crippen molar-refractivity contribution in [2.45, 2.75) is 0 Å². The Morgan fingerprint density at radius 3 is 2.90 bits per heavy atom. The number of hydrogen-bond donors (Lipinski definition) is 0. The van der Waals surface area contributed by atoms with Crippen molar-refractivity contribution in [1.29, 1.82) is 0 Å². The third-order valence-corrected chi connectivity index (χ3v) is 0.889. The summed E-state index contributed by atoms with van der Waals surface area (Å²) in [5.74, 6) is 0. The summed E-state index contributed by atoms with van der Waals surface area (Å²) in [5, 5.41) is 0. The van der Waals surface area contributed by atoms with Gasteiger partial charge in [-0.1, -0.05) is 0 Å². The van der Waals surface area contributed by atoms with Crippen LogP contribution in [-0.4, -0.2) is 4.98 Å². The molecule has 1 rings (SSSR count). The first-order valence-corrected chi connectivity index (χ1v) is 2.63. The second-order valence-corrected chi connectivity index (χ2v) is 1.63. The highest BCUT2D eigenvalue weighted by Crippen LogP contribution is 2.05. The van der Waals surface area contributed by atoms with Gasteiger partial charge in [0.1, 0.15) is 0 Å². The van der Waals surface area contributed by atoms with Gasteiger partial charge in [-0.3, -0.25) is 4.98 Å². The van der Waals surface area contributed by atoms with E-state index in [1.807, 2.05) is 0 Å². The lowest BCUT2D eigenvalue weighted by Gasteiger charge is -1.86. The smallest absolute Gasteiger partial charge is 0.264 e. The van der Waals surface area contributed by atoms with Gasteiger partial charge in [-0.25, -0.2) is 0 Å². The summed E-state index contributed by atoms with van der Waals surface area (Å²) in [6.07, 6.45) is 1.78. The Bertz CT molecular complexity index is 227. The van der Waals surface area contributed by atoms with Crippen LogP contribution in [0.25, 0.3) is 6.08 Å². The van der Waals surface area contributed by atoms with Gasteiger partial charge in [0.2, 0.25) is 0 Å². The van der Waals surface area contributed by atoms with Crippen LogP contribution in [0.15, 0.2) is 24.5 Å². The monoisotopic (exact) mass is 140 g/mol. The fourth-order valence-electron chi connectivity index (χ4n) is 0.534. The van der Waals surface area contributed by atoms with E-state index in [2.05, 4.69) is 11.1 Å². The van der Waals surface area contributed by atoms with Crippen molar-refractivity contribution < 1.29 is 8.78 Å². The molecule has 0 aliphatic heterocycles. The van der Waals surface area contributed by atoms with Gasteiger partial charge in [-0.05, 0) is 12.1 Å². The Morgan fingerprint density at radius 1 is 1.60 bits per heavy atom. The molecule has 0 saturated heterocycles. The highest BCUT2D eigenvalue weighted by Gasteiger charge is 1.89. The summed E-state index contributed by atoms with van der Waals surface area (Å²) in [6, 6.07) is 4.06. The van der Waals surface area contributed by atoms with Crippen LogP contribution in [0.3, 0.4) is 0 Å². The summed E-state index contributed by atoms with van der Waals surface area (Å²) in [4.78, 5) is 3.63. The lowest BCUT2D eigenvalue weighted by molar-refractivity contribution is 0.429. The third kappa shape index (κ3) is 1.93. The molecule has 10 heavy (non-hydrogen) atoms. The molecular weight excluding hydrogens is 136 g/mol. The van der Waals surface area contributed by atoms with Crippen LogP contribution in [0.1, 0.15) is 5.56 Å². The molecule has 0 unspecified atom stereocenters. The van der Waals surface area contributed by atoms with E-state index < -0.39 is 6.08 Å². The Labute approximate surface area is 57.0 Å². The van der Waals surface area contributed by atoms with Gasteiger partial charge >= 0.3 is 0 Å². The SMILES string of the molecule is FC(F)=Cc1[c]ccnc1. The molecule has 1 aromatic rings. The quantitative estimate of drug-likeness (QED) is 0.582. The molecule has 0 atom stereocenters. The second kappa shape index (κ2) is 3.06. The molecule has 1 aromatic heterocycles. The van der Waals surface area contributed by atoms with Crippen LogP contribution in [0, 0.1) is 6.07 Å². The lowest BCUT2D eigenvalue weighted by Crippen LogP contribution is -1.73. The molecule has 0 bridgehead atoms. The molecule has 1 heterocycles. The zero-order chi connectivity index (χ0) is 7.40. The largest absolute Gasteiger partial charge is 0.270 e. The molecule has 0 saturated carbocycles. The molecule has 0 spiro atoms. The highest BCUT2D eigenvalue weighted by atomic mass is 19.3. The van der Waals surface area contributed by atoms with E-state index in [4.69, 9.17) is 0 Å². The molecule has 1 nitrogen and oxygen atoms in total. The number of hydrogen-bond acceptors (Lipinski definition) is 1. The highest BCUT2D eigenvalue weighted by molar-refractivity contribution is 5.46. The maximum atomic E-state index is 11.5. The Morgan fingerprint density at radius 2 is 2.40 bits per heavy atom. The second-order valence-electron chi connectivity index (χ2n) is 1.63. The average molecular weight is 140 g/mol. The van der Waals surface area contributed by atoms with Crippen molar-refractivity contribution in [3.63, 3.8) is 0 Å². The molecular formula is C7H4F2N. The topological polar surface area (TPSA) is 12.9 Å². The molecule has 1 radical (unpaired) electrons. The summed E-state index contributed by atoms with van der Waals surface area (Å²) in [6.45, 7) is 0. The fraction of sp³-hybridized carbons (Fsp3) is 0. The van der Waals surface area contributed by atoms with E-state index in [1.165, 1.54) is 18.5 Å². The third-order valence-electron chi connectivity index (χ3n) is 0.889. The Balaban J connectivity index is 2.87. The van der Waals surface area contributed by atoms with E-state index in [0.717, 1.165) is 0 Å². The van der Waals surface area contributed by atoms with Crippen LogP contribution in [0.2, 0.25) is 0 Å². The van der Waals surface area contributed by atoms with Gasteiger partial charge in [0, 0.05) is 24.0 Å². The number of rotatable bonds is 1. The zero-order valence-electron chi connectivity index (χ0n) is 5.01. The van der Waals surface area contributed by atoms with Crippen molar-refractivity contribution in [2.24, 2.45) is 0 Å². The van der Waals surface area contributed by atoms with E-state index >= 15 is 0 Å². The Kier molecular flexibility index (Phi) is 2.10. The minimum Gasteiger partial charge on any atom is -0.264 e. The van der Waals surface area contributed by atoms with Crippen molar-refractivity contribution >= 4 is 6.08 Å². The standard InChI is InChI=1S/C7H4F2N/c8-7(9)4-6-2-1-3-10-5-6/h1,3-5H. The molecule has 0 amide bonds. The summed E-state index contributed by atoms with van der Waals surface area (Å²) >= 11 is 0. The van der Waals surface area contributed by atoms with Gasteiger partial charge in [-0.15, -0.1) is 0 Å². The predicted molar refractivity (Wildman–Crippen MR) is 33.3 cm³/mol. The molecule has 0 aliphatic carbocycles. The summed E-state index contributed by atoms with van der Waals surface area (Å²) < 4.78 is 23.1.